The van der Waals surface area contributed by atoms with Crippen LogP contribution in [-0.2, 0) is 11.4 Å². The van der Waals surface area contributed by atoms with E-state index in [-0.39, 0.29) is 0 Å². The second-order valence-electron chi connectivity index (χ2n) is 4.61. The third-order valence-corrected chi connectivity index (χ3v) is 3.20. The van der Waals surface area contributed by atoms with Crippen molar-refractivity contribution in [3.63, 3.8) is 0 Å². The molecule has 0 aliphatic rings. The molecule has 0 aliphatic heterocycles. The van der Waals surface area contributed by atoms with Gasteiger partial charge in [-0.15, -0.1) is 0 Å². The molecule has 0 aliphatic carbocycles. The summed E-state index contributed by atoms with van der Waals surface area (Å²) in [6.45, 7) is 0.380. The second-order valence-corrected chi connectivity index (χ2v) is 4.61. The summed E-state index contributed by atoms with van der Waals surface area (Å²) < 4.78 is 0. The van der Waals surface area contributed by atoms with E-state index in [4.69, 9.17) is 10.1 Å². The van der Waals surface area contributed by atoms with Crippen LogP contribution in [0.1, 0.15) is 16.7 Å². The van der Waals surface area contributed by atoms with Gasteiger partial charge in [0.2, 0.25) is 0 Å². The minimum absolute atomic E-state index is 0.380. The van der Waals surface area contributed by atoms with Crippen molar-refractivity contribution < 1.29 is 4.84 Å². The number of H-pyrrole nitrogens is 1. The Kier molecular flexibility index (Phi) is 3.66. The van der Waals surface area contributed by atoms with E-state index in [2.05, 4.69) is 16.2 Å². The van der Waals surface area contributed by atoms with Gasteiger partial charge >= 0.3 is 0 Å². The van der Waals surface area contributed by atoms with Crippen LogP contribution >= 0.6 is 0 Å². The lowest BCUT2D eigenvalue weighted by atomic mass is 10.2. The Morgan fingerprint density at radius 1 is 1.14 bits per heavy atom. The molecule has 4 nitrogen and oxygen atoms in total. The highest BCUT2D eigenvalue weighted by atomic mass is 16.6. The van der Waals surface area contributed by atoms with E-state index < -0.39 is 0 Å². The van der Waals surface area contributed by atoms with Gasteiger partial charge in [-0.2, -0.15) is 5.26 Å². The van der Waals surface area contributed by atoms with Gasteiger partial charge in [0.15, 0.2) is 0 Å². The Morgan fingerprint density at radius 3 is 2.76 bits per heavy atom. The van der Waals surface area contributed by atoms with Crippen molar-refractivity contribution in [3.05, 3.63) is 71.4 Å². The SMILES string of the molecule is N#Cc1ccc(CO/N=C/c2c[nH]c3ccccc23)cc1. The molecule has 0 radical (unpaired) electrons. The number of rotatable bonds is 4. The van der Waals surface area contributed by atoms with E-state index in [0.717, 1.165) is 22.0 Å². The standard InChI is InChI=1S/C17H13N3O/c18-9-13-5-7-14(8-6-13)12-21-20-11-15-10-19-17-4-2-1-3-16(15)17/h1-8,10-11,19H,12H2/b20-11+. The van der Waals surface area contributed by atoms with Crippen molar-refractivity contribution in [2.45, 2.75) is 6.61 Å². The first-order valence-electron chi connectivity index (χ1n) is 6.57. The smallest absolute Gasteiger partial charge is 0.142 e. The molecule has 0 saturated heterocycles. The lowest BCUT2D eigenvalue weighted by Crippen LogP contribution is -1.88. The van der Waals surface area contributed by atoms with E-state index in [1.54, 1.807) is 18.3 Å². The molecule has 0 amide bonds. The van der Waals surface area contributed by atoms with Crippen LogP contribution in [0.4, 0.5) is 0 Å². The predicted molar refractivity (Wildman–Crippen MR) is 81.8 cm³/mol. The monoisotopic (exact) mass is 275 g/mol. The summed E-state index contributed by atoms with van der Waals surface area (Å²) in [6, 6.07) is 17.4. The number of nitrogens with zero attached hydrogens (tertiary/aromatic N) is 2. The molecule has 0 bridgehead atoms. The van der Waals surface area contributed by atoms with Gasteiger partial charge < -0.3 is 9.82 Å². The minimum Gasteiger partial charge on any atom is -0.391 e. The first-order chi connectivity index (χ1) is 10.4. The highest BCUT2D eigenvalue weighted by molar-refractivity contribution is 5.98. The zero-order valence-corrected chi connectivity index (χ0v) is 11.3. The van der Waals surface area contributed by atoms with Crippen LogP contribution < -0.4 is 0 Å². The lowest BCUT2D eigenvalue weighted by molar-refractivity contribution is 0.132. The average Bonchev–Trinajstić information content (AvgIpc) is 2.95. The van der Waals surface area contributed by atoms with E-state index in [0.29, 0.717) is 12.2 Å². The molecule has 0 saturated carbocycles. The summed E-state index contributed by atoms with van der Waals surface area (Å²) in [6.07, 6.45) is 3.60. The van der Waals surface area contributed by atoms with Gasteiger partial charge in [0.1, 0.15) is 6.61 Å². The van der Waals surface area contributed by atoms with Gasteiger partial charge in [0.05, 0.1) is 17.8 Å². The summed E-state index contributed by atoms with van der Waals surface area (Å²) in [4.78, 5) is 8.47. The number of aromatic nitrogens is 1. The molecule has 0 atom stereocenters. The van der Waals surface area contributed by atoms with Crippen molar-refractivity contribution in [3.8, 4) is 6.07 Å². The normalized spacial score (nSPS) is 10.8. The fourth-order valence-corrected chi connectivity index (χ4v) is 2.08. The van der Waals surface area contributed by atoms with Crippen molar-refractivity contribution in [2.75, 3.05) is 0 Å². The third-order valence-electron chi connectivity index (χ3n) is 3.20. The maximum absolute atomic E-state index is 8.73. The fourth-order valence-electron chi connectivity index (χ4n) is 2.08. The second kappa shape index (κ2) is 5.93. The van der Waals surface area contributed by atoms with E-state index in [1.807, 2.05) is 42.6 Å². The third kappa shape index (κ3) is 2.93. The van der Waals surface area contributed by atoms with E-state index in [1.165, 1.54) is 0 Å². The van der Waals surface area contributed by atoms with Crippen LogP contribution in [0.2, 0.25) is 0 Å². The lowest BCUT2D eigenvalue weighted by Gasteiger charge is -1.99. The van der Waals surface area contributed by atoms with Gasteiger partial charge in [-0.3, -0.25) is 0 Å². The molecule has 21 heavy (non-hydrogen) atoms. The van der Waals surface area contributed by atoms with Crippen LogP contribution in [0.15, 0.2) is 59.9 Å². The molecule has 1 aromatic heterocycles. The first kappa shape index (κ1) is 12.9. The number of hydrogen-bond acceptors (Lipinski definition) is 3. The number of nitriles is 1. The summed E-state index contributed by atoms with van der Waals surface area (Å²) in [5.41, 5.74) is 3.68. The molecular formula is C17H13N3O. The molecule has 3 aromatic rings. The Hall–Kier alpha value is -3.06. The van der Waals surface area contributed by atoms with E-state index >= 15 is 0 Å². The number of benzene rings is 2. The maximum Gasteiger partial charge on any atom is 0.142 e. The average molecular weight is 275 g/mol. The highest BCUT2D eigenvalue weighted by Crippen LogP contribution is 2.15. The molecule has 0 fully saturated rings. The largest absolute Gasteiger partial charge is 0.391 e. The number of nitrogens with one attached hydrogen (secondary N) is 1. The van der Waals surface area contributed by atoms with Gasteiger partial charge in [0.25, 0.3) is 0 Å². The number of para-hydroxylation sites is 1. The van der Waals surface area contributed by atoms with Gasteiger partial charge in [-0.25, -0.2) is 0 Å². The molecule has 0 spiro atoms. The Balaban J connectivity index is 1.63. The maximum atomic E-state index is 8.73. The van der Waals surface area contributed by atoms with Gasteiger partial charge in [0, 0.05) is 22.7 Å². The summed E-state index contributed by atoms with van der Waals surface area (Å²) in [7, 11) is 0. The Bertz CT molecular complexity index is 810. The Morgan fingerprint density at radius 2 is 1.95 bits per heavy atom. The van der Waals surface area contributed by atoms with Crippen molar-refractivity contribution in [1.82, 2.24) is 4.98 Å². The highest BCUT2D eigenvalue weighted by Gasteiger charge is 1.99. The molecule has 102 valence electrons. The number of aromatic amines is 1. The fraction of sp³-hybridized carbons (Fsp3) is 0.0588. The summed E-state index contributed by atoms with van der Waals surface area (Å²) in [5.74, 6) is 0. The van der Waals surface area contributed by atoms with Crippen molar-refractivity contribution in [2.24, 2.45) is 5.16 Å². The topological polar surface area (TPSA) is 61.2 Å². The molecular weight excluding hydrogens is 262 g/mol. The quantitative estimate of drug-likeness (QED) is 0.584. The van der Waals surface area contributed by atoms with Gasteiger partial charge in [-0.1, -0.05) is 35.5 Å². The molecule has 1 N–H and O–H groups in total. The molecule has 2 aromatic carbocycles. The van der Waals surface area contributed by atoms with Gasteiger partial charge in [-0.05, 0) is 23.8 Å². The number of hydrogen-bond donors (Lipinski definition) is 1. The molecule has 1 heterocycles. The summed E-state index contributed by atoms with van der Waals surface area (Å²) >= 11 is 0. The predicted octanol–water partition coefficient (Wildman–Crippen LogP) is 3.59. The van der Waals surface area contributed by atoms with Crippen LogP contribution in [-0.4, -0.2) is 11.2 Å². The van der Waals surface area contributed by atoms with Crippen molar-refractivity contribution >= 4 is 17.1 Å². The first-order valence-corrected chi connectivity index (χ1v) is 6.57. The van der Waals surface area contributed by atoms with Crippen molar-refractivity contribution in [1.29, 1.82) is 5.26 Å². The molecule has 3 rings (SSSR count). The van der Waals surface area contributed by atoms with E-state index in [9.17, 15) is 0 Å². The number of fused-ring (bicyclic) bond motifs is 1. The number of oxime groups is 1. The zero-order valence-electron chi connectivity index (χ0n) is 11.3. The Labute approximate surface area is 122 Å². The summed E-state index contributed by atoms with van der Waals surface area (Å²) in [5, 5.41) is 13.8. The molecule has 4 heteroatoms. The van der Waals surface area contributed by atoms with Crippen LogP contribution in [0.5, 0.6) is 0 Å². The zero-order chi connectivity index (χ0) is 14.5. The molecule has 0 unspecified atom stereocenters. The van der Waals surface area contributed by atoms with Crippen LogP contribution in [0.25, 0.3) is 10.9 Å². The van der Waals surface area contributed by atoms with Crippen LogP contribution in [0.3, 0.4) is 0 Å². The minimum atomic E-state index is 0.380. The van der Waals surface area contributed by atoms with Crippen LogP contribution in [0, 0.1) is 11.3 Å².